The molecule has 2 rings (SSSR count). The van der Waals surface area contributed by atoms with Crippen LogP contribution < -0.4 is 10.7 Å². The van der Waals surface area contributed by atoms with Crippen LogP contribution in [0.2, 0.25) is 5.02 Å². The summed E-state index contributed by atoms with van der Waals surface area (Å²) in [7, 11) is 0. The smallest absolute Gasteiger partial charge is 0.260 e. The van der Waals surface area contributed by atoms with Crippen LogP contribution in [0, 0.1) is 6.92 Å². The molecule has 22 heavy (non-hydrogen) atoms. The Morgan fingerprint density at radius 2 is 2.14 bits per heavy atom. The third kappa shape index (κ3) is 3.22. The molecule has 118 valence electrons. The number of carbonyl (C=O) groups is 1. The maximum Gasteiger partial charge on any atom is 0.260 e. The molecule has 0 saturated carbocycles. The molecule has 0 fully saturated rings. The van der Waals surface area contributed by atoms with Crippen LogP contribution in [-0.2, 0) is 0 Å². The number of H-pyrrole nitrogens is 1. The molecule has 2 N–H and O–H groups in total. The van der Waals surface area contributed by atoms with Crippen molar-refractivity contribution in [1.29, 1.82) is 0 Å². The predicted octanol–water partition coefficient (Wildman–Crippen LogP) is 3.15. The molecule has 0 spiro atoms. The predicted molar refractivity (Wildman–Crippen MR) is 86.6 cm³/mol. The van der Waals surface area contributed by atoms with E-state index < -0.39 is 0 Å². The van der Waals surface area contributed by atoms with E-state index in [2.05, 4.69) is 29.2 Å². The summed E-state index contributed by atoms with van der Waals surface area (Å²) in [5.74, 6) is -0.0123. The Hall–Kier alpha value is -2.08. The number of hydrogen-bond donors (Lipinski definition) is 2. The molecular weight excluding hydrogens is 304 g/mol. The van der Waals surface area contributed by atoms with Gasteiger partial charge in [-0.2, -0.15) is 5.10 Å². The van der Waals surface area contributed by atoms with Gasteiger partial charge in [-0.1, -0.05) is 25.4 Å². The highest BCUT2D eigenvalue weighted by Crippen LogP contribution is 2.19. The second-order valence-electron chi connectivity index (χ2n) is 5.07. The van der Waals surface area contributed by atoms with Crippen molar-refractivity contribution in [2.45, 2.75) is 39.7 Å². The van der Waals surface area contributed by atoms with E-state index in [1.54, 1.807) is 6.20 Å². The van der Waals surface area contributed by atoms with Gasteiger partial charge in [-0.25, -0.2) is 0 Å². The van der Waals surface area contributed by atoms with Crippen molar-refractivity contribution >= 4 is 23.3 Å². The summed E-state index contributed by atoms with van der Waals surface area (Å²) in [6.07, 6.45) is 4.80. The fraction of sp³-hybridized carbons (Fsp3) is 0.400. The summed E-state index contributed by atoms with van der Waals surface area (Å²) in [5, 5.41) is 7.04. The van der Waals surface area contributed by atoms with Crippen molar-refractivity contribution in [3.8, 4) is 0 Å². The Labute approximate surface area is 133 Å². The van der Waals surface area contributed by atoms with Gasteiger partial charge in [0.15, 0.2) is 0 Å². The van der Waals surface area contributed by atoms with Gasteiger partial charge in [0.2, 0.25) is 5.43 Å². The first-order valence-electron chi connectivity index (χ1n) is 7.21. The van der Waals surface area contributed by atoms with E-state index in [1.807, 2.05) is 11.6 Å². The first-order chi connectivity index (χ1) is 10.5. The summed E-state index contributed by atoms with van der Waals surface area (Å²) in [4.78, 5) is 26.6. The van der Waals surface area contributed by atoms with Gasteiger partial charge >= 0.3 is 0 Å². The van der Waals surface area contributed by atoms with E-state index in [-0.39, 0.29) is 22.4 Å². The number of carbonyl (C=O) groups excluding carboxylic acids is 1. The number of halogens is 1. The highest BCUT2D eigenvalue weighted by molar-refractivity contribution is 6.30. The van der Waals surface area contributed by atoms with E-state index >= 15 is 0 Å². The molecule has 7 heteroatoms. The lowest BCUT2D eigenvalue weighted by Gasteiger charge is -2.15. The van der Waals surface area contributed by atoms with Gasteiger partial charge in [-0.05, 0) is 19.8 Å². The Morgan fingerprint density at radius 3 is 2.73 bits per heavy atom. The van der Waals surface area contributed by atoms with Crippen LogP contribution in [-0.4, -0.2) is 20.7 Å². The number of anilines is 1. The van der Waals surface area contributed by atoms with Crippen LogP contribution in [0.1, 0.15) is 48.8 Å². The van der Waals surface area contributed by atoms with Gasteiger partial charge in [0, 0.05) is 18.0 Å². The zero-order valence-corrected chi connectivity index (χ0v) is 13.6. The summed E-state index contributed by atoms with van der Waals surface area (Å²) in [6.45, 7) is 6.05. The summed E-state index contributed by atoms with van der Waals surface area (Å²) in [6, 6.07) is 1.53. The molecule has 2 aromatic rings. The van der Waals surface area contributed by atoms with E-state index in [1.165, 1.54) is 12.3 Å². The topological polar surface area (TPSA) is 79.8 Å². The zero-order chi connectivity index (χ0) is 16.3. The van der Waals surface area contributed by atoms with Crippen molar-refractivity contribution in [3.05, 3.63) is 45.0 Å². The quantitative estimate of drug-likeness (QED) is 0.887. The third-order valence-corrected chi connectivity index (χ3v) is 3.99. The Bertz CT molecular complexity index is 731. The Kier molecular flexibility index (Phi) is 5.03. The number of aromatic amines is 1. The van der Waals surface area contributed by atoms with Gasteiger partial charge in [0.1, 0.15) is 10.8 Å². The van der Waals surface area contributed by atoms with Gasteiger partial charge < -0.3 is 10.3 Å². The molecule has 0 saturated heterocycles. The molecule has 6 nitrogen and oxygen atoms in total. The number of hydrogen-bond acceptors (Lipinski definition) is 3. The molecule has 1 amide bonds. The minimum Gasteiger partial charge on any atom is -0.346 e. The molecule has 0 bridgehead atoms. The lowest BCUT2D eigenvalue weighted by Crippen LogP contribution is -2.17. The van der Waals surface area contributed by atoms with Crippen molar-refractivity contribution in [2.75, 3.05) is 5.32 Å². The highest BCUT2D eigenvalue weighted by Gasteiger charge is 2.18. The summed E-state index contributed by atoms with van der Waals surface area (Å²) in [5.41, 5.74) is 0.949. The van der Waals surface area contributed by atoms with Crippen LogP contribution in [0.5, 0.6) is 0 Å². The van der Waals surface area contributed by atoms with Gasteiger partial charge in [0.25, 0.3) is 5.91 Å². The van der Waals surface area contributed by atoms with Gasteiger partial charge in [0.05, 0.1) is 17.8 Å². The van der Waals surface area contributed by atoms with Crippen LogP contribution in [0.25, 0.3) is 0 Å². The number of aromatic nitrogens is 3. The average molecular weight is 323 g/mol. The van der Waals surface area contributed by atoms with Crippen molar-refractivity contribution in [1.82, 2.24) is 14.8 Å². The SMILES string of the molecule is CCC(CC)n1ncc(C(=O)Nc2cc(=O)c(Cl)c[nH]2)c1C. The number of amides is 1. The van der Waals surface area contributed by atoms with Crippen LogP contribution in [0.15, 0.2) is 23.3 Å². The largest absolute Gasteiger partial charge is 0.346 e. The van der Waals surface area contributed by atoms with Crippen molar-refractivity contribution in [3.63, 3.8) is 0 Å². The molecule has 0 atom stereocenters. The van der Waals surface area contributed by atoms with Crippen LogP contribution in [0.3, 0.4) is 0 Å². The first kappa shape index (κ1) is 16.3. The highest BCUT2D eigenvalue weighted by atomic mass is 35.5. The fourth-order valence-electron chi connectivity index (χ4n) is 2.36. The third-order valence-electron chi connectivity index (χ3n) is 3.69. The molecule has 0 aliphatic heterocycles. The lowest BCUT2D eigenvalue weighted by molar-refractivity contribution is 0.102. The average Bonchev–Trinajstić information content (AvgIpc) is 2.86. The van der Waals surface area contributed by atoms with Gasteiger partial charge in [-0.15, -0.1) is 0 Å². The number of nitrogens with zero attached hydrogens (tertiary/aromatic N) is 2. The van der Waals surface area contributed by atoms with Crippen molar-refractivity contribution < 1.29 is 4.79 Å². The van der Waals surface area contributed by atoms with Gasteiger partial charge in [-0.3, -0.25) is 14.3 Å². The van der Waals surface area contributed by atoms with E-state index in [0.717, 1.165) is 18.5 Å². The second kappa shape index (κ2) is 6.79. The molecule has 2 aromatic heterocycles. The van der Waals surface area contributed by atoms with Crippen LogP contribution in [0.4, 0.5) is 5.82 Å². The molecule has 0 radical (unpaired) electrons. The normalized spacial score (nSPS) is 11.0. The van der Waals surface area contributed by atoms with E-state index in [4.69, 9.17) is 11.6 Å². The molecule has 0 aromatic carbocycles. The zero-order valence-electron chi connectivity index (χ0n) is 12.8. The molecule has 0 aliphatic rings. The number of nitrogens with one attached hydrogen (secondary N) is 2. The maximum atomic E-state index is 12.3. The second-order valence-corrected chi connectivity index (χ2v) is 5.48. The maximum absolute atomic E-state index is 12.3. The summed E-state index contributed by atoms with van der Waals surface area (Å²) < 4.78 is 1.87. The lowest BCUT2D eigenvalue weighted by atomic mass is 10.1. The minimum atomic E-state index is -0.347. The molecule has 0 unspecified atom stereocenters. The first-order valence-corrected chi connectivity index (χ1v) is 7.59. The molecule has 2 heterocycles. The number of rotatable bonds is 5. The standard InChI is InChI=1S/C15H19ClN4O2/c1-4-10(5-2)20-9(3)11(7-18-20)15(22)19-14-6-13(21)12(16)8-17-14/h6-8,10H,4-5H2,1-3H3,(H2,17,19,21,22). The van der Waals surface area contributed by atoms with E-state index in [9.17, 15) is 9.59 Å². The summed E-state index contributed by atoms with van der Waals surface area (Å²) >= 11 is 5.66. The van der Waals surface area contributed by atoms with Crippen LogP contribution >= 0.6 is 11.6 Å². The number of pyridine rings is 1. The molecule has 0 aliphatic carbocycles. The Balaban J connectivity index is 2.23. The van der Waals surface area contributed by atoms with E-state index in [0.29, 0.717) is 11.4 Å². The minimum absolute atomic E-state index is 0.0794. The Morgan fingerprint density at radius 1 is 1.45 bits per heavy atom. The fourth-order valence-corrected chi connectivity index (χ4v) is 2.47. The molecular formula is C15H19ClN4O2. The van der Waals surface area contributed by atoms with Crippen molar-refractivity contribution in [2.24, 2.45) is 0 Å². The monoisotopic (exact) mass is 322 g/mol.